The summed E-state index contributed by atoms with van der Waals surface area (Å²) in [6.45, 7) is 5.57. The summed E-state index contributed by atoms with van der Waals surface area (Å²) in [4.78, 5) is 21.1. The van der Waals surface area contributed by atoms with Crippen LogP contribution in [0.5, 0.6) is 0 Å². The van der Waals surface area contributed by atoms with Crippen LogP contribution in [-0.2, 0) is 9.53 Å². The predicted octanol–water partition coefficient (Wildman–Crippen LogP) is 5.84. The standard InChI is InChI=1S/C27H42N4O6S12/c32-17-18(33)37-22(45-49-26(41)31-15-7-8-16-31)27(19(34)42-46-23(38)28-9-1-2-10-28,20(35)43-47-24(39)29-11-3-4-12-29)21(36)44-48-25(40)30-13-5-6-14-30/h19-22,32,34-36H,1-17H2. The first-order valence-electron chi connectivity index (χ1n) is 15.9. The highest BCUT2D eigenvalue weighted by atomic mass is 33.1. The zero-order valence-corrected chi connectivity index (χ0v) is 36.4. The maximum Gasteiger partial charge on any atom is 0.332 e. The van der Waals surface area contributed by atoms with Crippen LogP contribution >= 0.6 is 135 Å². The van der Waals surface area contributed by atoms with Gasteiger partial charge in [-0.2, -0.15) is 0 Å². The van der Waals surface area contributed by atoms with E-state index in [1.165, 1.54) is 43.2 Å². The molecule has 278 valence electrons. The quantitative estimate of drug-likeness (QED) is 0.0723. The average molecular weight is 903 g/mol. The highest BCUT2D eigenvalue weighted by molar-refractivity contribution is 8.85. The van der Waals surface area contributed by atoms with Crippen molar-refractivity contribution in [2.45, 2.75) is 73.1 Å². The third-order valence-corrected chi connectivity index (χ3v) is 21.3. The Labute approximate surface area is 342 Å². The Morgan fingerprint density at radius 3 is 1.08 bits per heavy atom. The lowest BCUT2D eigenvalue weighted by Gasteiger charge is -2.46. The molecule has 0 bridgehead atoms. The molecule has 0 aliphatic carbocycles. The van der Waals surface area contributed by atoms with E-state index in [2.05, 4.69) is 19.6 Å². The molecule has 0 spiro atoms. The van der Waals surface area contributed by atoms with Crippen molar-refractivity contribution in [3.63, 3.8) is 0 Å². The normalized spacial score (nSPS) is 21.8. The van der Waals surface area contributed by atoms with Crippen LogP contribution in [0.15, 0.2) is 0 Å². The topological polar surface area (TPSA) is 120 Å². The van der Waals surface area contributed by atoms with Crippen molar-refractivity contribution in [3.05, 3.63) is 0 Å². The molecule has 0 amide bonds. The third kappa shape index (κ3) is 12.3. The number of likely N-dealkylation sites (tertiary alicyclic amines) is 4. The molecule has 4 fully saturated rings. The van der Waals surface area contributed by atoms with Gasteiger partial charge >= 0.3 is 5.97 Å². The number of nitrogens with zero attached hydrogens (tertiary/aromatic N) is 4. The van der Waals surface area contributed by atoms with Crippen molar-refractivity contribution in [3.8, 4) is 0 Å². The van der Waals surface area contributed by atoms with Crippen LogP contribution in [0.25, 0.3) is 0 Å². The first-order chi connectivity index (χ1) is 23.6. The lowest BCUT2D eigenvalue weighted by Crippen LogP contribution is -2.57. The van der Waals surface area contributed by atoms with E-state index >= 15 is 0 Å². The minimum atomic E-state index is -1.96. The summed E-state index contributed by atoms with van der Waals surface area (Å²) in [5.74, 6) is -0.970. The van der Waals surface area contributed by atoms with Gasteiger partial charge in [0.2, 0.25) is 0 Å². The average Bonchev–Trinajstić information content (AvgIpc) is 3.95. The molecule has 4 N–H and O–H groups in total. The van der Waals surface area contributed by atoms with Gasteiger partial charge in [0.1, 0.15) is 45.6 Å². The predicted molar refractivity (Wildman–Crippen MR) is 232 cm³/mol. The zero-order chi connectivity index (χ0) is 35.4. The molecule has 4 aliphatic heterocycles. The molecule has 0 aromatic heterocycles. The molecule has 0 aromatic carbocycles. The monoisotopic (exact) mass is 902 g/mol. The highest BCUT2D eigenvalue weighted by Crippen LogP contribution is 2.58. The summed E-state index contributed by atoms with van der Waals surface area (Å²) >= 11 is 22.8. The molecule has 10 nitrogen and oxygen atoms in total. The summed E-state index contributed by atoms with van der Waals surface area (Å²) in [5, 5.41) is 46.6. The Hall–Kier alpha value is 1.67. The molecule has 49 heavy (non-hydrogen) atoms. The number of rotatable bonds is 14. The molecule has 4 atom stereocenters. The molecular weight excluding hydrogens is 861 g/mol. The van der Waals surface area contributed by atoms with Crippen LogP contribution in [-0.4, -0.2) is 144 Å². The van der Waals surface area contributed by atoms with Gasteiger partial charge in [-0.25, -0.2) is 4.79 Å². The van der Waals surface area contributed by atoms with Crippen molar-refractivity contribution in [2.75, 3.05) is 59.0 Å². The van der Waals surface area contributed by atoms with Crippen LogP contribution in [0, 0.1) is 5.41 Å². The van der Waals surface area contributed by atoms with Crippen molar-refractivity contribution < 1.29 is 30.0 Å². The summed E-state index contributed by atoms with van der Waals surface area (Å²) in [7, 11) is 8.74. The van der Waals surface area contributed by atoms with Gasteiger partial charge in [0.05, 0.1) is 0 Å². The molecule has 0 aromatic rings. The van der Waals surface area contributed by atoms with Gasteiger partial charge in [0, 0.05) is 52.4 Å². The molecule has 4 unspecified atom stereocenters. The molecule has 0 radical (unpaired) electrons. The van der Waals surface area contributed by atoms with E-state index in [1.807, 2.05) is 0 Å². The van der Waals surface area contributed by atoms with Gasteiger partial charge < -0.3 is 44.8 Å². The first kappa shape index (κ1) is 43.4. The van der Waals surface area contributed by atoms with Crippen LogP contribution in [0.4, 0.5) is 0 Å². The Kier molecular flexibility index (Phi) is 19.7. The summed E-state index contributed by atoms with van der Waals surface area (Å²) in [5.41, 5.74) is -7.94. The van der Waals surface area contributed by atoms with Crippen molar-refractivity contribution in [1.82, 2.24) is 19.6 Å². The zero-order valence-electron chi connectivity index (χ0n) is 26.6. The fourth-order valence-electron chi connectivity index (χ4n) is 5.48. The van der Waals surface area contributed by atoms with Gasteiger partial charge in [-0.1, -0.05) is 81.3 Å². The Morgan fingerprint density at radius 1 is 0.551 bits per heavy atom. The van der Waals surface area contributed by atoms with E-state index in [0.29, 0.717) is 17.3 Å². The van der Waals surface area contributed by atoms with E-state index < -0.39 is 39.7 Å². The minimum absolute atomic E-state index is 0.562. The lowest BCUT2D eigenvalue weighted by molar-refractivity contribution is -0.162. The lowest BCUT2D eigenvalue weighted by atomic mass is 9.90. The third-order valence-electron chi connectivity index (χ3n) is 8.35. The molecule has 4 heterocycles. The number of carbonyl (C=O) groups is 1. The molecule has 4 saturated heterocycles. The summed E-state index contributed by atoms with van der Waals surface area (Å²) in [6, 6.07) is 0. The number of hydrogen-bond donors (Lipinski definition) is 4. The second-order valence-corrected chi connectivity index (χ2v) is 23.2. The smallest absolute Gasteiger partial charge is 0.332 e. The fraction of sp³-hybridized carbons (Fsp3) is 0.815. The fourth-order valence-corrected chi connectivity index (χ4v) is 17.8. The van der Waals surface area contributed by atoms with Gasteiger partial charge in [-0.3, -0.25) is 0 Å². The Bertz CT molecular complexity index is 1050. The van der Waals surface area contributed by atoms with Crippen molar-refractivity contribution >= 4 is 158 Å². The first-order valence-corrected chi connectivity index (χ1v) is 26.4. The number of ether oxygens (including phenoxy) is 1. The number of hydrogen-bond acceptors (Lipinski definition) is 18. The van der Waals surface area contributed by atoms with Crippen LogP contribution in [0.3, 0.4) is 0 Å². The highest BCUT2D eigenvalue weighted by Gasteiger charge is 2.60. The summed E-state index contributed by atoms with van der Waals surface area (Å²) < 4.78 is 8.16. The van der Waals surface area contributed by atoms with Crippen LogP contribution in [0.2, 0.25) is 0 Å². The maximum atomic E-state index is 12.9. The largest absolute Gasteiger partial charge is 0.448 e. The maximum absolute atomic E-state index is 12.9. The van der Waals surface area contributed by atoms with E-state index in [4.69, 9.17) is 53.6 Å². The number of thiocarbonyl (C=S) groups is 4. The second kappa shape index (κ2) is 22.3. The molecule has 0 saturated carbocycles. The van der Waals surface area contributed by atoms with Crippen LogP contribution < -0.4 is 0 Å². The SMILES string of the molecule is O=C(CO)OC(SSC(=S)N1CCCC1)C(C(O)SSC(=S)N1CCCC1)(C(O)SSC(=S)N1CCCC1)C(O)SSC(=S)N1CCCC1. The van der Waals surface area contributed by atoms with Crippen LogP contribution in [0.1, 0.15) is 51.4 Å². The van der Waals surface area contributed by atoms with Crippen molar-refractivity contribution in [2.24, 2.45) is 5.41 Å². The van der Waals surface area contributed by atoms with E-state index in [0.717, 1.165) is 147 Å². The molecular formula is C27H42N4O6S12. The number of esters is 1. The molecule has 4 aliphatic rings. The van der Waals surface area contributed by atoms with E-state index in [1.54, 1.807) is 0 Å². The Morgan fingerprint density at radius 2 is 0.816 bits per heavy atom. The van der Waals surface area contributed by atoms with E-state index in [9.17, 15) is 25.2 Å². The molecule has 22 heteroatoms. The van der Waals surface area contributed by atoms with Gasteiger partial charge in [-0.05, 0) is 105 Å². The number of aliphatic hydroxyl groups is 4. The Balaban J connectivity index is 1.68. The summed E-state index contributed by atoms with van der Waals surface area (Å²) in [6.07, 6.45) is 8.15. The number of aliphatic hydroxyl groups excluding tert-OH is 4. The van der Waals surface area contributed by atoms with Gasteiger partial charge in [-0.15, -0.1) is 0 Å². The second-order valence-electron chi connectivity index (χ2n) is 11.6. The minimum Gasteiger partial charge on any atom is -0.448 e. The molecule has 4 rings (SSSR count). The van der Waals surface area contributed by atoms with Crippen molar-refractivity contribution in [1.29, 1.82) is 0 Å². The van der Waals surface area contributed by atoms with E-state index in [-0.39, 0.29) is 0 Å². The van der Waals surface area contributed by atoms with Gasteiger partial charge in [0.15, 0.2) is 5.44 Å². The van der Waals surface area contributed by atoms with Gasteiger partial charge in [0.25, 0.3) is 0 Å². The number of carbonyl (C=O) groups excluding carboxylic acids is 1.